The SMILES string of the molecule is CCOC1OC(COC(=O)C=Cc2ccc(O)c(OC)c2)C(O)C1O. The Morgan fingerprint density at radius 1 is 1.32 bits per heavy atom. The Hall–Kier alpha value is -2.13. The van der Waals surface area contributed by atoms with E-state index in [1.807, 2.05) is 0 Å². The summed E-state index contributed by atoms with van der Waals surface area (Å²) in [6.45, 7) is 1.84. The summed E-state index contributed by atoms with van der Waals surface area (Å²) in [7, 11) is 1.42. The molecule has 1 aliphatic heterocycles. The number of aromatic hydroxyl groups is 1. The fourth-order valence-corrected chi connectivity index (χ4v) is 2.33. The third kappa shape index (κ3) is 4.93. The molecular weight excluding hydrogens is 332 g/mol. The van der Waals surface area contributed by atoms with E-state index in [0.29, 0.717) is 12.2 Å². The molecule has 4 atom stereocenters. The van der Waals surface area contributed by atoms with Crippen molar-refractivity contribution >= 4 is 12.0 Å². The number of methoxy groups -OCH3 is 1. The lowest BCUT2D eigenvalue weighted by Crippen LogP contribution is -2.35. The predicted octanol–water partition coefficient (Wildman–Crippen LogP) is 0.440. The van der Waals surface area contributed by atoms with Crippen LogP contribution in [-0.4, -0.2) is 66.2 Å². The van der Waals surface area contributed by atoms with E-state index in [4.69, 9.17) is 18.9 Å². The molecule has 138 valence electrons. The van der Waals surface area contributed by atoms with Gasteiger partial charge in [0.15, 0.2) is 17.8 Å². The van der Waals surface area contributed by atoms with Crippen molar-refractivity contribution in [1.29, 1.82) is 0 Å². The third-order valence-corrected chi connectivity index (χ3v) is 3.66. The van der Waals surface area contributed by atoms with Crippen LogP contribution in [-0.2, 0) is 19.0 Å². The maximum atomic E-state index is 11.8. The van der Waals surface area contributed by atoms with Gasteiger partial charge in [-0.2, -0.15) is 0 Å². The van der Waals surface area contributed by atoms with Gasteiger partial charge in [0.05, 0.1) is 7.11 Å². The van der Waals surface area contributed by atoms with Crippen LogP contribution in [0.3, 0.4) is 0 Å². The molecule has 25 heavy (non-hydrogen) atoms. The summed E-state index contributed by atoms with van der Waals surface area (Å²) in [5.41, 5.74) is 0.635. The van der Waals surface area contributed by atoms with Crippen LogP contribution in [0.4, 0.5) is 0 Å². The molecule has 4 unspecified atom stereocenters. The molecule has 1 aliphatic rings. The first kappa shape index (κ1) is 19.2. The molecule has 2 rings (SSSR count). The molecule has 1 fully saturated rings. The van der Waals surface area contributed by atoms with Crippen LogP contribution in [0, 0.1) is 0 Å². The standard InChI is InChI=1S/C17H22O8/c1-3-23-17-16(21)15(20)13(25-17)9-24-14(19)7-5-10-4-6-11(18)12(8-10)22-2/h4-8,13,15-18,20-21H,3,9H2,1-2H3. The average molecular weight is 354 g/mol. The van der Waals surface area contributed by atoms with Gasteiger partial charge in [0.2, 0.25) is 0 Å². The molecule has 1 aromatic carbocycles. The molecule has 0 aromatic heterocycles. The summed E-state index contributed by atoms with van der Waals surface area (Å²) in [5, 5.41) is 29.1. The van der Waals surface area contributed by atoms with Gasteiger partial charge in [-0.05, 0) is 30.7 Å². The summed E-state index contributed by atoms with van der Waals surface area (Å²) < 4.78 is 20.4. The maximum Gasteiger partial charge on any atom is 0.330 e. The number of carbonyl (C=O) groups is 1. The highest BCUT2D eigenvalue weighted by Crippen LogP contribution is 2.26. The zero-order chi connectivity index (χ0) is 18.4. The number of aliphatic hydroxyl groups is 2. The molecule has 1 heterocycles. The minimum Gasteiger partial charge on any atom is -0.504 e. The quantitative estimate of drug-likeness (QED) is 0.477. The Kier molecular flexibility index (Phi) is 6.77. The minimum absolute atomic E-state index is 0.00277. The largest absolute Gasteiger partial charge is 0.504 e. The summed E-state index contributed by atoms with van der Waals surface area (Å²) >= 11 is 0. The highest BCUT2D eigenvalue weighted by atomic mass is 16.7. The lowest BCUT2D eigenvalue weighted by Gasteiger charge is -2.13. The van der Waals surface area contributed by atoms with Crippen molar-refractivity contribution in [1.82, 2.24) is 0 Å². The smallest absolute Gasteiger partial charge is 0.330 e. The van der Waals surface area contributed by atoms with Gasteiger partial charge in [0, 0.05) is 12.7 Å². The van der Waals surface area contributed by atoms with Crippen molar-refractivity contribution in [3.63, 3.8) is 0 Å². The number of phenolic OH excluding ortho intramolecular Hbond substituents is 1. The summed E-state index contributed by atoms with van der Waals surface area (Å²) in [6.07, 6.45) is -1.50. The number of esters is 1. The Bertz CT molecular complexity index is 615. The molecule has 0 radical (unpaired) electrons. The van der Waals surface area contributed by atoms with E-state index >= 15 is 0 Å². The van der Waals surface area contributed by atoms with E-state index < -0.39 is 30.6 Å². The summed E-state index contributed by atoms with van der Waals surface area (Å²) in [5.74, 6) is -0.358. The molecule has 3 N–H and O–H groups in total. The lowest BCUT2D eigenvalue weighted by atomic mass is 10.1. The van der Waals surface area contributed by atoms with Crippen molar-refractivity contribution in [2.75, 3.05) is 20.3 Å². The molecule has 0 aliphatic carbocycles. The van der Waals surface area contributed by atoms with E-state index in [9.17, 15) is 20.1 Å². The number of hydrogen-bond acceptors (Lipinski definition) is 8. The van der Waals surface area contributed by atoms with E-state index in [2.05, 4.69) is 0 Å². The maximum absolute atomic E-state index is 11.8. The van der Waals surface area contributed by atoms with Crippen LogP contribution in [0.25, 0.3) is 6.08 Å². The van der Waals surface area contributed by atoms with Crippen molar-refractivity contribution in [2.24, 2.45) is 0 Å². The highest BCUT2D eigenvalue weighted by Gasteiger charge is 2.43. The van der Waals surface area contributed by atoms with Crippen LogP contribution in [0.2, 0.25) is 0 Å². The van der Waals surface area contributed by atoms with Gasteiger partial charge < -0.3 is 34.3 Å². The van der Waals surface area contributed by atoms with Gasteiger partial charge in [0.25, 0.3) is 0 Å². The topological polar surface area (TPSA) is 115 Å². The number of rotatable bonds is 7. The Labute approximate surface area is 145 Å². The summed E-state index contributed by atoms with van der Waals surface area (Å²) in [6, 6.07) is 4.61. The second-order valence-corrected chi connectivity index (χ2v) is 5.37. The molecule has 0 bridgehead atoms. The van der Waals surface area contributed by atoms with Crippen LogP contribution in [0.5, 0.6) is 11.5 Å². The van der Waals surface area contributed by atoms with Crippen LogP contribution in [0.1, 0.15) is 12.5 Å². The Morgan fingerprint density at radius 3 is 2.76 bits per heavy atom. The molecule has 8 nitrogen and oxygen atoms in total. The summed E-state index contributed by atoms with van der Waals surface area (Å²) in [4.78, 5) is 11.8. The van der Waals surface area contributed by atoms with Crippen molar-refractivity contribution in [3.05, 3.63) is 29.8 Å². The van der Waals surface area contributed by atoms with Crippen LogP contribution in [0.15, 0.2) is 24.3 Å². The second-order valence-electron chi connectivity index (χ2n) is 5.37. The highest BCUT2D eigenvalue weighted by molar-refractivity contribution is 5.87. The predicted molar refractivity (Wildman–Crippen MR) is 87.0 cm³/mol. The van der Waals surface area contributed by atoms with Crippen molar-refractivity contribution in [3.8, 4) is 11.5 Å². The van der Waals surface area contributed by atoms with Crippen LogP contribution < -0.4 is 4.74 Å². The molecule has 0 spiro atoms. The number of benzene rings is 1. The number of ether oxygens (including phenoxy) is 4. The van der Waals surface area contributed by atoms with Crippen LogP contribution >= 0.6 is 0 Å². The zero-order valence-corrected chi connectivity index (χ0v) is 14.0. The lowest BCUT2D eigenvalue weighted by molar-refractivity contribution is -0.172. The zero-order valence-electron chi connectivity index (χ0n) is 14.0. The van der Waals surface area contributed by atoms with Gasteiger partial charge in [-0.1, -0.05) is 6.07 Å². The first-order valence-corrected chi connectivity index (χ1v) is 7.81. The third-order valence-electron chi connectivity index (χ3n) is 3.66. The average Bonchev–Trinajstić information content (AvgIpc) is 2.87. The molecular formula is C17H22O8. The monoisotopic (exact) mass is 354 g/mol. The molecule has 1 aromatic rings. The number of aliphatic hydroxyl groups excluding tert-OH is 2. The molecule has 1 saturated heterocycles. The van der Waals surface area contributed by atoms with Gasteiger partial charge in [0.1, 0.15) is 24.9 Å². The van der Waals surface area contributed by atoms with Gasteiger partial charge in [-0.15, -0.1) is 0 Å². The normalized spacial score (nSPS) is 26.1. The first-order chi connectivity index (χ1) is 12.0. The van der Waals surface area contributed by atoms with Gasteiger partial charge in [-0.25, -0.2) is 4.79 Å². The van der Waals surface area contributed by atoms with E-state index in [-0.39, 0.29) is 18.1 Å². The van der Waals surface area contributed by atoms with Gasteiger partial charge >= 0.3 is 5.97 Å². The van der Waals surface area contributed by atoms with Crippen molar-refractivity contribution in [2.45, 2.75) is 31.5 Å². The second kappa shape index (κ2) is 8.82. The first-order valence-electron chi connectivity index (χ1n) is 7.81. The fraction of sp³-hybridized carbons (Fsp3) is 0.471. The minimum atomic E-state index is -1.20. The van der Waals surface area contributed by atoms with Gasteiger partial charge in [-0.3, -0.25) is 0 Å². The Balaban J connectivity index is 1.86. The number of phenols is 1. The van der Waals surface area contributed by atoms with E-state index in [1.165, 1.54) is 25.3 Å². The molecule has 8 heteroatoms. The number of hydrogen-bond donors (Lipinski definition) is 3. The molecule has 0 saturated carbocycles. The van der Waals surface area contributed by atoms with Crippen molar-refractivity contribution < 1.29 is 39.1 Å². The fourth-order valence-electron chi connectivity index (χ4n) is 2.33. The number of carbonyl (C=O) groups excluding carboxylic acids is 1. The Morgan fingerprint density at radius 2 is 2.08 bits per heavy atom. The van der Waals surface area contributed by atoms with E-state index in [1.54, 1.807) is 19.1 Å². The van der Waals surface area contributed by atoms with E-state index in [0.717, 1.165) is 0 Å². The molecule has 0 amide bonds.